The van der Waals surface area contributed by atoms with E-state index in [0.29, 0.717) is 5.92 Å². The first-order valence-corrected chi connectivity index (χ1v) is 10.3. The van der Waals surface area contributed by atoms with Crippen LogP contribution in [0.25, 0.3) is 11.1 Å². The molecule has 3 aromatic carbocycles. The third-order valence-corrected chi connectivity index (χ3v) is 5.74. The molecule has 1 radical (unpaired) electrons. The van der Waals surface area contributed by atoms with Gasteiger partial charge >= 0.3 is 0 Å². The molecule has 0 atom stereocenters. The maximum atomic E-state index is 6.12. The van der Waals surface area contributed by atoms with Crippen LogP contribution in [0.4, 0.5) is 0 Å². The van der Waals surface area contributed by atoms with Gasteiger partial charge in [-0.1, -0.05) is 86.1 Å². The van der Waals surface area contributed by atoms with Gasteiger partial charge < -0.3 is 0 Å². The molecule has 1 fully saturated rings. The van der Waals surface area contributed by atoms with E-state index in [9.17, 15) is 0 Å². The Bertz CT molecular complexity index is 889. The fourth-order valence-electron chi connectivity index (χ4n) is 4.06. The minimum Gasteiger partial charge on any atom is -0.0843 e. The van der Waals surface area contributed by atoms with Gasteiger partial charge in [0.1, 0.15) is 0 Å². The van der Waals surface area contributed by atoms with E-state index in [1.54, 1.807) is 5.92 Å². The minimum atomic E-state index is 0.469. The lowest BCUT2D eigenvalue weighted by Gasteiger charge is -2.25. The topological polar surface area (TPSA) is 0 Å². The lowest BCUT2D eigenvalue weighted by atomic mass is 9.79. The van der Waals surface area contributed by atoms with Crippen molar-refractivity contribution < 1.29 is 0 Å². The molecule has 1 aliphatic carbocycles. The summed E-state index contributed by atoms with van der Waals surface area (Å²) >= 11 is 6.12. The summed E-state index contributed by atoms with van der Waals surface area (Å²) in [4.78, 5) is 0. The maximum Gasteiger partial charge on any atom is 0.0406 e. The van der Waals surface area contributed by atoms with Gasteiger partial charge in [-0.15, -0.1) is 0 Å². The molecule has 0 unspecified atom stereocenters. The number of halogens is 1. The van der Waals surface area contributed by atoms with Crippen LogP contribution in [0.15, 0.2) is 72.8 Å². The van der Waals surface area contributed by atoms with Crippen LogP contribution in [0.5, 0.6) is 0 Å². The Morgan fingerprint density at radius 2 is 1.59 bits per heavy atom. The lowest BCUT2D eigenvalue weighted by Crippen LogP contribution is -2.11. The lowest BCUT2D eigenvalue weighted by molar-refractivity contribution is 0.775. The van der Waals surface area contributed by atoms with E-state index in [1.165, 1.54) is 40.7 Å². The summed E-state index contributed by atoms with van der Waals surface area (Å²) in [5.41, 5.74) is 6.93. The van der Waals surface area contributed by atoms with Gasteiger partial charge in [-0.25, -0.2) is 0 Å². The van der Waals surface area contributed by atoms with Crippen LogP contribution in [0, 0.1) is 11.8 Å². The van der Waals surface area contributed by atoms with Crippen molar-refractivity contribution in [3.05, 3.63) is 100 Å². The molecule has 4 rings (SSSR count). The molecule has 0 aromatic heterocycles. The molecule has 137 valence electrons. The van der Waals surface area contributed by atoms with E-state index in [-0.39, 0.29) is 0 Å². The molecule has 1 saturated carbocycles. The first-order chi connectivity index (χ1) is 13.1. The zero-order valence-electron chi connectivity index (χ0n) is 16.1. The fourth-order valence-corrected chi connectivity index (χ4v) is 4.18. The molecule has 0 saturated heterocycles. The van der Waals surface area contributed by atoms with Crippen LogP contribution in [0.1, 0.15) is 49.3 Å². The smallest absolute Gasteiger partial charge is 0.0406 e. The van der Waals surface area contributed by atoms with E-state index < -0.39 is 0 Å². The average Bonchev–Trinajstić information content (AvgIpc) is 3.52. The van der Waals surface area contributed by atoms with Gasteiger partial charge in [-0.05, 0) is 71.0 Å². The van der Waals surface area contributed by atoms with Crippen LogP contribution in [-0.2, 0) is 6.42 Å². The Morgan fingerprint density at radius 1 is 0.889 bits per heavy atom. The molecule has 0 aliphatic heterocycles. The van der Waals surface area contributed by atoms with E-state index in [2.05, 4.69) is 74.5 Å². The highest BCUT2D eigenvalue weighted by Gasteiger charge is 2.35. The summed E-state index contributed by atoms with van der Waals surface area (Å²) in [5, 5.41) is 0.787. The first-order valence-electron chi connectivity index (χ1n) is 9.92. The largest absolute Gasteiger partial charge is 0.0843 e. The Labute approximate surface area is 168 Å². The Hall–Kier alpha value is -2.05. The van der Waals surface area contributed by atoms with Crippen molar-refractivity contribution in [2.45, 2.75) is 39.0 Å². The Kier molecular flexibility index (Phi) is 5.36. The van der Waals surface area contributed by atoms with Crippen molar-refractivity contribution in [1.82, 2.24) is 0 Å². The van der Waals surface area contributed by atoms with Gasteiger partial charge in [0.15, 0.2) is 0 Å². The summed E-state index contributed by atoms with van der Waals surface area (Å²) in [5.74, 6) is 2.82. The van der Waals surface area contributed by atoms with Crippen molar-refractivity contribution in [2.24, 2.45) is 5.92 Å². The average molecular weight is 374 g/mol. The molecule has 27 heavy (non-hydrogen) atoms. The van der Waals surface area contributed by atoms with Crippen molar-refractivity contribution in [2.75, 3.05) is 0 Å². The second-order valence-corrected chi connectivity index (χ2v) is 8.33. The quantitative estimate of drug-likeness (QED) is 0.415. The van der Waals surface area contributed by atoms with Crippen LogP contribution < -0.4 is 0 Å². The standard InChI is InChI=1S/C26H26Cl/c1-18(2)26-23(20-13-15-22(27)16-14-20)9-6-10-24(26)25(21-11-12-21)17-19-7-4-3-5-8-19/h3-10,13-16,18,21H,11-12,17H2,1-2H3. The molecule has 0 heterocycles. The summed E-state index contributed by atoms with van der Waals surface area (Å²) in [6.45, 7) is 4.62. The Balaban J connectivity index is 1.78. The monoisotopic (exact) mass is 373 g/mol. The molecule has 1 aliphatic rings. The van der Waals surface area contributed by atoms with Crippen molar-refractivity contribution in [3.63, 3.8) is 0 Å². The molecule has 0 N–H and O–H groups in total. The van der Waals surface area contributed by atoms with Gasteiger partial charge in [-0.3, -0.25) is 0 Å². The van der Waals surface area contributed by atoms with E-state index >= 15 is 0 Å². The third-order valence-electron chi connectivity index (χ3n) is 5.49. The van der Waals surface area contributed by atoms with Crippen LogP contribution >= 0.6 is 11.6 Å². The van der Waals surface area contributed by atoms with Crippen molar-refractivity contribution in [3.8, 4) is 11.1 Å². The summed E-state index contributed by atoms with van der Waals surface area (Å²) in [6, 6.07) is 26.0. The molecule has 0 nitrogen and oxygen atoms in total. The predicted molar refractivity (Wildman–Crippen MR) is 116 cm³/mol. The second kappa shape index (κ2) is 7.90. The predicted octanol–water partition coefficient (Wildman–Crippen LogP) is 7.71. The summed E-state index contributed by atoms with van der Waals surface area (Å²) in [7, 11) is 0. The highest BCUT2D eigenvalue weighted by atomic mass is 35.5. The minimum absolute atomic E-state index is 0.469. The molecule has 1 heteroatoms. The van der Waals surface area contributed by atoms with Gasteiger partial charge in [-0.2, -0.15) is 0 Å². The van der Waals surface area contributed by atoms with Crippen LogP contribution in [0.3, 0.4) is 0 Å². The van der Waals surface area contributed by atoms with Crippen LogP contribution in [0.2, 0.25) is 5.02 Å². The number of hydrogen-bond acceptors (Lipinski definition) is 0. The van der Waals surface area contributed by atoms with Crippen molar-refractivity contribution >= 4 is 11.6 Å². The van der Waals surface area contributed by atoms with Crippen molar-refractivity contribution in [1.29, 1.82) is 0 Å². The fraction of sp³-hybridized carbons (Fsp3) is 0.269. The normalized spacial score (nSPS) is 14.1. The highest BCUT2D eigenvalue weighted by Crippen LogP contribution is 2.47. The summed E-state index contributed by atoms with van der Waals surface area (Å²) in [6.07, 6.45) is 3.70. The highest BCUT2D eigenvalue weighted by molar-refractivity contribution is 6.30. The Morgan fingerprint density at radius 3 is 2.22 bits per heavy atom. The molecular formula is C26H26Cl. The third kappa shape index (κ3) is 4.12. The zero-order chi connectivity index (χ0) is 18.8. The van der Waals surface area contributed by atoms with Gasteiger partial charge in [0.05, 0.1) is 0 Å². The maximum absolute atomic E-state index is 6.12. The van der Waals surface area contributed by atoms with Gasteiger partial charge in [0.2, 0.25) is 0 Å². The number of hydrogen-bond donors (Lipinski definition) is 0. The van der Waals surface area contributed by atoms with E-state index in [4.69, 9.17) is 11.6 Å². The summed E-state index contributed by atoms with van der Waals surface area (Å²) < 4.78 is 0. The second-order valence-electron chi connectivity index (χ2n) is 7.89. The van der Waals surface area contributed by atoms with E-state index in [1.807, 2.05) is 12.1 Å². The first kappa shape index (κ1) is 18.3. The molecule has 0 amide bonds. The molecule has 3 aromatic rings. The zero-order valence-corrected chi connectivity index (χ0v) is 16.8. The number of benzene rings is 3. The SMILES string of the molecule is CC(C)c1c([C](Cc2ccccc2)C2CC2)cccc1-c1ccc(Cl)cc1. The van der Waals surface area contributed by atoms with Gasteiger partial charge in [0.25, 0.3) is 0 Å². The van der Waals surface area contributed by atoms with Crippen LogP contribution in [-0.4, -0.2) is 0 Å². The molecule has 0 spiro atoms. The molecule has 0 bridgehead atoms. The number of rotatable bonds is 6. The van der Waals surface area contributed by atoms with E-state index in [0.717, 1.165) is 17.4 Å². The molecular weight excluding hydrogens is 348 g/mol. The van der Waals surface area contributed by atoms with Gasteiger partial charge in [0, 0.05) is 10.9 Å².